The Bertz CT molecular complexity index is 1360. The van der Waals surface area contributed by atoms with Crippen molar-refractivity contribution in [3.05, 3.63) is 72.3 Å². The normalized spacial score (nSPS) is 10.1. The highest BCUT2D eigenvalue weighted by molar-refractivity contribution is 5.77. The van der Waals surface area contributed by atoms with Crippen LogP contribution >= 0.6 is 0 Å². The lowest BCUT2D eigenvalue weighted by atomic mass is 10.3. The molecule has 150 valence electrons. The number of aliphatic imine (C=N–C) groups is 2. The number of halogens is 1. The summed E-state index contributed by atoms with van der Waals surface area (Å²) < 4.78 is 24.5. The van der Waals surface area contributed by atoms with Crippen molar-refractivity contribution < 1.29 is 13.9 Å². The third-order valence-corrected chi connectivity index (χ3v) is 4.05. The molecule has 0 amide bonds. The van der Waals surface area contributed by atoms with E-state index in [1.807, 2.05) is 18.2 Å². The van der Waals surface area contributed by atoms with E-state index < -0.39 is 5.82 Å². The van der Waals surface area contributed by atoms with Crippen LogP contribution in [0.25, 0.3) is 11.0 Å². The highest BCUT2D eigenvalue weighted by Gasteiger charge is 2.14. The van der Waals surface area contributed by atoms with Crippen LogP contribution in [0.15, 0.2) is 70.8 Å². The van der Waals surface area contributed by atoms with Gasteiger partial charge in [0.2, 0.25) is 5.82 Å². The first-order chi connectivity index (χ1) is 15.2. The van der Waals surface area contributed by atoms with Crippen molar-refractivity contribution in [1.29, 1.82) is 5.26 Å². The molecule has 0 atom stereocenters. The van der Waals surface area contributed by atoms with Gasteiger partial charge in [-0.1, -0.05) is 12.1 Å². The van der Waals surface area contributed by atoms with E-state index in [1.165, 1.54) is 37.6 Å². The van der Waals surface area contributed by atoms with E-state index in [4.69, 9.17) is 14.7 Å². The molecule has 31 heavy (non-hydrogen) atoms. The quantitative estimate of drug-likeness (QED) is 0.428. The Labute approximate surface area is 176 Å². The summed E-state index contributed by atoms with van der Waals surface area (Å²) in [4.78, 5) is 21.0. The summed E-state index contributed by atoms with van der Waals surface area (Å²) in [5.74, 6) is 0.176. The lowest BCUT2D eigenvalue weighted by molar-refractivity contribution is 0.371. The molecule has 2 heterocycles. The molecule has 0 saturated carbocycles. The van der Waals surface area contributed by atoms with Gasteiger partial charge in [-0.3, -0.25) is 0 Å². The van der Waals surface area contributed by atoms with Gasteiger partial charge in [0.05, 0.1) is 30.0 Å². The van der Waals surface area contributed by atoms with Crippen molar-refractivity contribution in [2.45, 2.75) is 0 Å². The van der Waals surface area contributed by atoms with Gasteiger partial charge >= 0.3 is 0 Å². The van der Waals surface area contributed by atoms with Crippen LogP contribution in [-0.2, 0) is 0 Å². The van der Waals surface area contributed by atoms with Crippen LogP contribution in [0, 0.1) is 17.1 Å². The minimum Gasteiger partial charge on any atom is -0.493 e. The Morgan fingerprint density at radius 2 is 1.77 bits per heavy atom. The van der Waals surface area contributed by atoms with Gasteiger partial charge < -0.3 is 9.47 Å². The molecule has 0 aliphatic heterocycles. The molecule has 0 aliphatic rings. The maximum absolute atomic E-state index is 13.5. The molecule has 0 radical (unpaired) electrons. The zero-order valence-corrected chi connectivity index (χ0v) is 16.2. The minimum atomic E-state index is -0.463. The van der Waals surface area contributed by atoms with Gasteiger partial charge in [-0.2, -0.15) is 15.2 Å². The molecule has 0 unspecified atom stereocenters. The number of hydrogen-bond donors (Lipinski definition) is 0. The summed E-state index contributed by atoms with van der Waals surface area (Å²) in [5, 5.41) is 8.81. The number of para-hydroxylation sites is 2. The number of nitriles is 1. The Balaban J connectivity index is 1.74. The molecule has 8 nitrogen and oxygen atoms in total. The zero-order chi connectivity index (χ0) is 21.6. The molecule has 0 saturated heterocycles. The predicted molar refractivity (Wildman–Crippen MR) is 111 cm³/mol. The van der Waals surface area contributed by atoms with Gasteiger partial charge in [-0.25, -0.2) is 19.3 Å². The molecule has 9 heteroatoms. The number of methoxy groups -OCH3 is 1. The fourth-order valence-electron chi connectivity index (χ4n) is 2.59. The molecule has 0 fully saturated rings. The van der Waals surface area contributed by atoms with Crippen LogP contribution in [0.5, 0.6) is 17.4 Å². The first kappa shape index (κ1) is 19.6. The number of ether oxygens (including phenoxy) is 2. The van der Waals surface area contributed by atoms with Gasteiger partial charge in [-0.05, 0) is 36.4 Å². The highest BCUT2D eigenvalue weighted by Crippen LogP contribution is 2.35. The number of fused-ring (bicyclic) bond motifs is 1. The maximum Gasteiger partial charge on any atom is 0.266 e. The Morgan fingerprint density at radius 1 is 0.968 bits per heavy atom. The molecule has 2 aromatic carbocycles. The standard InChI is InChI=1S/C22H13FN6O2/c1-30-20-10-14(23)6-9-19(20)31-22-21(28-17-4-2-3-5-18(17)29-22)27-13-26-16-8-7-15(11-24)25-12-16/h2-10,12H,1H3. The van der Waals surface area contributed by atoms with Gasteiger partial charge in [-0.15, -0.1) is 0 Å². The van der Waals surface area contributed by atoms with Crippen LogP contribution in [0.1, 0.15) is 5.69 Å². The monoisotopic (exact) mass is 412 g/mol. The predicted octanol–water partition coefficient (Wildman–Crippen LogP) is 4.97. The number of nitrogens with zero attached hydrogens (tertiary/aromatic N) is 6. The van der Waals surface area contributed by atoms with Crippen molar-refractivity contribution in [1.82, 2.24) is 15.0 Å². The number of rotatable bonds is 5. The van der Waals surface area contributed by atoms with Crippen molar-refractivity contribution in [3.63, 3.8) is 0 Å². The van der Waals surface area contributed by atoms with Crippen LogP contribution in [0.2, 0.25) is 0 Å². The van der Waals surface area contributed by atoms with E-state index >= 15 is 0 Å². The van der Waals surface area contributed by atoms with Crippen LogP contribution in [-0.4, -0.2) is 28.1 Å². The van der Waals surface area contributed by atoms with Crippen molar-refractivity contribution in [2.75, 3.05) is 7.11 Å². The average Bonchev–Trinajstić information content (AvgIpc) is 2.80. The third kappa shape index (κ3) is 4.50. The molecule has 4 aromatic rings. The average molecular weight is 412 g/mol. The second kappa shape index (κ2) is 8.78. The fraction of sp³-hybridized carbons (Fsp3) is 0.0455. The van der Waals surface area contributed by atoms with Gasteiger partial charge in [0, 0.05) is 6.07 Å². The van der Waals surface area contributed by atoms with Crippen LogP contribution in [0.3, 0.4) is 0 Å². The Hall–Kier alpha value is -4.67. The number of hydrogen-bond acceptors (Lipinski definition) is 8. The molecule has 0 spiro atoms. The van der Waals surface area contributed by atoms with E-state index in [0.717, 1.165) is 0 Å². The molecule has 2 aromatic heterocycles. The lowest BCUT2D eigenvalue weighted by Gasteiger charge is -2.11. The van der Waals surface area contributed by atoms with Gasteiger partial charge in [0.15, 0.2) is 11.5 Å². The minimum absolute atomic E-state index is 0.0734. The topological polar surface area (TPSA) is 106 Å². The van der Waals surface area contributed by atoms with E-state index in [2.05, 4.69) is 30.9 Å². The second-order valence-corrected chi connectivity index (χ2v) is 6.08. The molecule has 0 aliphatic carbocycles. The first-order valence-corrected chi connectivity index (χ1v) is 8.97. The summed E-state index contributed by atoms with van der Waals surface area (Å²) in [7, 11) is 1.41. The second-order valence-electron chi connectivity index (χ2n) is 6.08. The fourth-order valence-corrected chi connectivity index (χ4v) is 2.59. The first-order valence-electron chi connectivity index (χ1n) is 8.97. The summed E-state index contributed by atoms with van der Waals surface area (Å²) in [6.07, 6.45) is 1.42. The summed E-state index contributed by atoms with van der Waals surface area (Å²) in [5.41, 5.74) is 1.92. The van der Waals surface area contributed by atoms with E-state index in [0.29, 0.717) is 16.7 Å². The van der Waals surface area contributed by atoms with Crippen molar-refractivity contribution in [3.8, 4) is 23.4 Å². The summed E-state index contributed by atoms with van der Waals surface area (Å²) >= 11 is 0. The van der Waals surface area contributed by atoms with Crippen molar-refractivity contribution in [2.24, 2.45) is 9.98 Å². The third-order valence-electron chi connectivity index (χ3n) is 4.05. The smallest absolute Gasteiger partial charge is 0.266 e. The van der Waals surface area contributed by atoms with Crippen molar-refractivity contribution >= 4 is 28.5 Å². The molecule has 4 rings (SSSR count). The Kier molecular flexibility index (Phi) is 5.56. The molecular formula is C22H13FN6O2. The summed E-state index contributed by atoms with van der Waals surface area (Å²) in [6, 6.07) is 18.7. The van der Waals surface area contributed by atoms with E-state index in [1.54, 1.807) is 18.2 Å². The molecule has 0 N–H and O–H groups in total. The van der Waals surface area contributed by atoms with Crippen LogP contribution < -0.4 is 9.47 Å². The number of pyridine rings is 1. The Morgan fingerprint density at radius 3 is 2.48 bits per heavy atom. The lowest BCUT2D eigenvalue weighted by Crippen LogP contribution is -1.95. The number of benzene rings is 2. The maximum atomic E-state index is 13.5. The zero-order valence-electron chi connectivity index (χ0n) is 16.2. The SMILES string of the molecule is COc1cc(F)ccc1Oc1nc2ccccc2nc1N=C=Nc1ccc(C#N)nc1. The number of aromatic nitrogens is 3. The van der Waals surface area contributed by atoms with Gasteiger partial charge in [0.25, 0.3) is 5.88 Å². The highest BCUT2D eigenvalue weighted by atomic mass is 19.1. The van der Waals surface area contributed by atoms with E-state index in [-0.39, 0.29) is 28.9 Å². The summed E-state index contributed by atoms with van der Waals surface area (Å²) in [6.45, 7) is 0. The molecule has 0 bridgehead atoms. The van der Waals surface area contributed by atoms with Gasteiger partial charge in [0.1, 0.15) is 23.6 Å². The van der Waals surface area contributed by atoms with E-state index in [9.17, 15) is 4.39 Å². The molecular weight excluding hydrogens is 399 g/mol. The largest absolute Gasteiger partial charge is 0.493 e. The van der Waals surface area contributed by atoms with Crippen LogP contribution in [0.4, 0.5) is 15.9 Å².